The molecule has 5 rings (SSSR count). The molecule has 1 saturated carbocycles. The van der Waals surface area contributed by atoms with Crippen molar-refractivity contribution in [2.24, 2.45) is 11.3 Å². The summed E-state index contributed by atoms with van der Waals surface area (Å²) in [6.45, 7) is 17.1. The number of hydrogen-bond donors (Lipinski definition) is 1. The lowest BCUT2D eigenvalue weighted by Gasteiger charge is -2.54. The van der Waals surface area contributed by atoms with Gasteiger partial charge >= 0.3 is 0 Å². The number of para-hydroxylation sites is 1. The number of hydrogen-bond acceptors (Lipinski definition) is 4. The maximum atomic E-state index is 10.9. The molecule has 3 aliphatic rings. The van der Waals surface area contributed by atoms with E-state index in [9.17, 15) is 5.11 Å². The zero-order valence-corrected chi connectivity index (χ0v) is 23.8. The molecule has 0 spiro atoms. The van der Waals surface area contributed by atoms with E-state index in [4.69, 9.17) is 4.74 Å². The summed E-state index contributed by atoms with van der Waals surface area (Å²) < 4.78 is 6.38. The van der Waals surface area contributed by atoms with Crippen LogP contribution in [0.5, 0.6) is 5.75 Å². The Balaban J connectivity index is 1.23. The number of benzene rings is 2. The van der Waals surface area contributed by atoms with Gasteiger partial charge in [-0.1, -0.05) is 65.3 Å². The summed E-state index contributed by atoms with van der Waals surface area (Å²) >= 11 is 0. The van der Waals surface area contributed by atoms with Gasteiger partial charge < -0.3 is 14.7 Å². The number of aliphatic hydroxyl groups is 1. The third kappa shape index (κ3) is 5.29. The average molecular weight is 505 g/mol. The van der Waals surface area contributed by atoms with Gasteiger partial charge in [-0.05, 0) is 77.7 Å². The summed E-state index contributed by atoms with van der Waals surface area (Å²) in [5, 5.41) is 10.9. The Morgan fingerprint density at radius 2 is 1.70 bits per heavy atom. The minimum atomic E-state index is -0.486. The van der Waals surface area contributed by atoms with Crippen LogP contribution in [0.15, 0.2) is 42.5 Å². The summed E-state index contributed by atoms with van der Waals surface area (Å²) in [7, 11) is 0. The maximum absolute atomic E-state index is 10.9. The van der Waals surface area contributed by atoms with E-state index in [-0.39, 0.29) is 5.41 Å². The molecule has 2 aromatic carbocycles. The molecule has 1 aliphatic heterocycles. The van der Waals surface area contributed by atoms with E-state index in [1.165, 1.54) is 42.5 Å². The molecule has 202 valence electrons. The molecule has 2 aromatic rings. The van der Waals surface area contributed by atoms with Crippen LogP contribution in [0.25, 0.3) is 0 Å². The number of piperazine rings is 1. The fourth-order valence-corrected chi connectivity index (χ4v) is 8.01. The number of aliphatic hydroxyl groups excluding tert-OH is 1. The second kappa shape index (κ2) is 10.6. The number of ether oxygens (including phenoxy) is 1. The van der Waals surface area contributed by atoms with Crippen LogP contribution in [0, 0.1) is 11.3 Å². The lowest BCUT2D eigenvalue weighted by atomic mass is 9.50. The highest BCUT2D eigenvalue weighted by Crippen LogP contribution is 2.58. The van der Waals surface area contributed by atoms with E-state index >= 15 is 0 Å². The molecule has 1 saturated heterocycles. The predicted molar refractivity (Wildman–Crippen MR) is 154 cm³/mol. The van der Waals surface area contributed by atoms with Gasteiger partial charge in [-0.15, -0.1) is 0 Å². The zero-order valence-electron chi connectivity index (χ0n) is 23.8. The Bertz CT molecular complexity index is 1060. The molecule has 0 radical (unpaired) electrons. The molecule has 0 bridgehead atoms. The summed E-state index contributed by atoms with van der Waals surface area (Å²) in [5.74, 6) is 2.14. The number of β-amino-alcohol motifs (C(OH)–C–C–N with tert-alkyl or cyclic N) is 1. The van der Waals surface area contributed by atoms with Gasteiger partial charge in [0.25, 0.3) is 0 Å². The highest BCUT2D eigenvalue weighted by molar-refractivity contribution is 5.52. The second-order valence-corrected chi connectivity index (χ2v) is 13.1. The van der Waals surface area contributed by atoms with Gasteiger partial charge in [0.15, 0.2) is 0 Å². The summed E-state index contributed by atoms with van der Waals surface area (Å²) in [6.07, 6.45) is 5.90. The molecule has 0 aromatic heterocycles. The van der Waals surface area contributed by atoms with Crippen molar-refractivity contribution in [3.63, 3.8) is 0 Å². The quantitative estimate of drug-likeness (QED) is 0.473. The van der Waals surface area contributed by atoms with Gasteiger partial charge in [0, 0.05) is 44.0 Å². The standard InChI is InChI=1S/C33H48N2O2/c1-24(2)31-27-12-15-30-32(3,4)16-9-17-33(30,5)28(27)13-14-29(31)37-23-26(36)22-34-18-20-35(21-19-34)25-10-7-6-8-11-25/h6-8,10-11,13-14,24,26,30,36H,9,12,15-23H2,1-5H3/t26?,30?,33-/m1/s1. The van der Waals surface area contributed by atoms with Gasteiger partial charge in [-0.3, -0.25) is 4.90 Å². The van der Waals surface area contributed by atoms with E-state index in [0.29, 0.717) is 24.5 Å². The van der Waals surface area contributed by atoms with Crippen LogP contribution in [-0.2, 0) is 11.8 Å². The molecule has 2 unspecified atom stereocenters. The van der Waals surface area contributed by atoms with Crippen molar-refractivity contribution in [1.82, 2.24) is 4.90 Å². The van der Waals surface area contributed by atoms with Crippen molar-refractivity contribution >= 4 is 5.69 Å². The first-order valence-corrected chi connectivity index (χ1v) is 14.7. The van der Waals surface area contributed by atoms with E-state index in [1.54, 1.807) is 5.56 Å². The molecule has 37 heavy (non-hydrogen) atoms. The lowest BCUT2D eigenvalue weighted by Crippen LogP contribution is -2.49. The Morgan fingerprint density at radius 1 is 0.973 bits per heavy atom. The van der Waals surface area contributed by atoms with Crippen molar-refractivity contribution in [3.05, 3.63) is 59.2 Å². The molecule has 4 heteroatoms. The number of fused-ring (bicyclic) bond motifs is 3. The fraction of sp³-hybridized carbons (Fsp3) is 0.636. The van der Waals surface area contributed by atoms with E-state index in [1.807, 2.05) is 0 Å². The SMILES string of the molecule is CC(C)c1c(OCC(O)CN2CCN(c3ccccc3)CC2)ccc2c1CCC1C(C)(C)CCC[C@]21C. The summed E-state index contributed by atoms with van der Waals surface area (Å²) in [5.41, 5.74) is 6.45. The monoisotopic (exact) mass is 504 g/mol. The van der Waals surface area contributed by atoms with Gasteiger partial charge in [0.2, 0.25) is 0 Å². The maximum Gasteiger partial charge on any atom is 0.123 e. The minimum Gasteiger partial charge on any atom is -0.491 e. The third-order valence-corrected chi connectivity index (χ3v) is 9.82. The van der Waals surface area contributed by atoms with Crippen LogP contribution in [-0.4, -0.2) is 55.4 Å². The Labute approximate surface area is 225 Å². The number of nitrogens with zero attached hydrogens (tertiary/aromatic N) is 2. The lowest BCUT2D eigenvalue weighted by molar-refractivity contribution is 0.0401. The van der Waals surface area contributed by atoms with Crippen LogP contribution in [0.1, 0.15) is 82.9 Å². The number of rotatable bonds is 7. The molecule has 3 atom stereocenters. The van der Waals surface area contributed by atoms with E-state index < -0.39 is 6.10 Å². The smallest absolute Gasteiger partial charge is 0.123 e. The fourth-order valence-electron chi connectivity index (χ4n) is 8.01. The first kappa shape index (κ1) is 26.6. The largest absolute Gasteiger partial charge is 0.491 e. The van der Waals surface area contributed by atoms with Gasteiger partial charge in [-0.25, -0.2) is 0 Å². The van der Waals surface area contributed by atoms with Crippen LogP contribution in [0.2, 0.25) is 0 Å². The Morgan fingerprint density at radius 3 is 2.41 bits per heavy atom. The second-order valence-electron chi connectivity index (χ2n) is 13.1. The molecule has 4 nitrogen and oxygen atoms in total. The van der Waals surface area contributed by atoms with Crippen LogP contribution < -0.4 is 9.64 Å². The first-order chi connectivity index (χ1) is 17.7. The summed E-state index contributed by atoms with van der Waals surface area (Å²) in [4.78, 5) is 4.80. The number of anilines is 1. The van der Waals surface area contributed by atoms with Crippen LogP contribution >= 0.6 is 0 Å². The minimum absolute atomic E-state index is 0.263. The van der Waals surface area contributed by atoms with Gasteiger partial charge in [0.1, 0.15) is 18.5 Å². The van der Waals surface area contributed by atoms with Gasteiger partial charge in [0.05, 0.1) is 0 Å². The topological polar surface area (TPSA) is 35.9 Å². The first-order valence-electron chi connectivity index (χ1n) is 14.7. The van der Waals surface area contributed by atoms with Gasteiger partial charge in [-0.2, -0.15) is 0 Å². The average Bonchev–Trinajstić information content (AvgIpc) is 2.87. The zero-order chi connectivity index (χ0) is 26.2. The van der Waals surface area contributed by atoms with E-state index in [0.717, 1.165) is 44.3 Å². The molecule has 2 aliphatic carbocycles. The molecule has 0 amide bonds. The molecular formula is C33H48N2O2. The van der Waals surface area contributed by atoms with Crippen molar-refractivity contribution in [3.8, 4) is 5.75 Å². The van der Waals surface area contributed by atoms with Crippen LogP contribution in [0.4, 0.5) is 5.69 Å². The molecule has 1 N–H and O–H groups in total. The predicted octanol–water partition coefficient (Wildman–Crippen LogP) is 6.40. The third-order valence-electron chi connectivity index (χ3n) is 9.82. The molecular weight excluding hydrogens is 456 g/mol. The highest BCUT2D eigenvalue weighted by atomic mass is 16.5. The Kier molecular flexibility index (Phi) is 7.62. The van der Waals surface area contributed by atoms with E-state index in [2.05, 4.69) is 86.9 Å². The van der Waals surface area contributed by atoms with Crippen molar-refractivity contribution < 1.29 is 9.84 Å². The Hall–Kier alpha value is -2.04. The highest BCUT2D eigenvalue weighted by Gasteiger charge is 2.50. The van der Waals surface area contributed by atoms with Crippen LogP contribution in [0.3, 0.4) is 0 Å². The van der Waals surface area contributed by atoms with Crippen molar-refractivity contribution in [2.75, 3.05) is 44.2 Å². The molecule has 1 heterocycles. The normalized spacial score (nSPS) is 26.5. The summed E-state index contributed by atoms with van der Waals surface area (Å²) in [6, 6.07) is 15.2. The molecule has 2 fully saturated rings. The van der Waals surface area contributed by atoms with Crippen molar-refractivity contribution in [2.45, 2.75) is 84.2 Å². The van der Waals surface area contributed by atoms with Crippen molar-refractivity contribution in [1.29, 1.82) is 0 Å².